The van der Waals surface area contributed by atoms with Gasteiger partial charge in [-0.15, -0.1) is 0 Å². The zero-order valence-electron chi connectivity index (χ0n) is 19.1. The first kappa shape index (κ1) is 21.8. The highest BCUT2D eigenvalue weighted by Crippen LogP contribution is 2.35. The number of anilines is 2. The third kappa shape index (κ3) is 4.03. The smallest absolute Gasteiger partial charge is 0.337 e. The van der Waals surface area contributed by atoms with E-state index in [1.807, 2.05) is 44.2 Å². The summed E-state index contributed by atoms with van der Waals surface area (Å²) < 4.78 is 6.32. The molecule has 34 heavy (non-hydrogen) atoms. The van der Waals surface area contributed by atoms with Gasteiger partial charge in [0.15, 0.2) is 11.3 Å². The molecule has 172 valence electrons. The minimum absolute atomic E-state index is 0.0810. The van der Waals surface area contributed by atoms with Crippen molar-refractivity contribution in [2.24, 2.45) is 0 Å². The second kappa shape index (κ2) is 8.71. The molecule has 1 aliphatic heterocycles. The molecule has 1 aromatic heterocycles. The zero-order chi connectivity index (χ0) is 23.8. The molecular formula is C28H26N2O4. The summed E-state index contributed by atoms with van der Waals surface area (Å²) in [5.74, 6) is -0.0234. The Labute approximate surface area is 197 Å². The van der Waals surface area contributed by atoms with Gasteiger partial charge in [0.2, 0.25) is 0 Å². The second-order valence-electron chi connectivity index (χ2n) is 8.91. The van der Waals surface area contributed by atoms with Crippen LogP contribution in [-0.2, 0) is 0 Å². The number of nitrogens with zero attached hydrogens (tertiary/aromatic N) is 1. The molecule has 4 aromatic rings. The highest BCUT2D eigenvalue weighted by Gasteiger charge is 2.30. The van der Waals surface area contributed by atoms with E-state index in [1.165, 1.54) is 5.56 Å². The fraction of sp³-hybridized carbons (Fsp3) is 0.214. The predicted octanol–water partition coefficient (Wildman–Crippen LogP) is 5.58. The molecule has 1 atom stereocenters. The van der Waals surface area contributed by atoms with Crippen molar-refractivity contribution in [1.82, 2.24) is 0 Å². The molecule has 0 radical (unpaired) electrons. The number of hydrogen-bond acceptors (Lipinski definition) is 5. The number of aryl methyl sites for hydroxylation is 1. The van der Waals surface area contributed by atoms with Crippen molar-refractivity contribution in [2.75, 3.05) is 23.3 Å². The summed E-state index contributed by atoms with van der Waals surface area (Å²) in [6.07, 6.45) is 0. The van der Waals surface area contributed by atoms with E-state index in [-0.39, 0.29) is 17.0 Å². The number of aromatic carboxylic acids is 1. The Bertz CT molecular complexity index is 1420. The van der Waals surface area contributed by atoms with E-state index < -0.39 is 5.97 Å². The van der Waals surface area contributed by atoms with Crippen LogP contribution in [0.2, 0.25) is 0 Å². The van der Waals surface area contributed by atoms with Crippen molar-refractivity contribution in [2.45, 2.75) is 25.8 Å². The van der Waals surface area contributed by atoms with E-state index in [1.54, 1.807) is 30.3 Å². The van der Waals surface area contributed by atoms with Gasteiger partial charge in [-0.3, -0.25) is 4.79 Å². The quantitative estimate of drug-likeness (QED) is 0.396. The minimum Gasteiger partial charge on any atom is -0.478 e. The Morgan fingerprint density at radius 2 is 1.76 bits per heavy atom. The van der Waals surface area contributed by atoms with Gasteiger partial charge < -0.3 is 19.7 Å². The fourth-order valence-corrected chi connectivity index (χ4v) is 4.60. The first-order chi connectivity index (χ1) is 16.4. The van der Waals surface area contributed by atoms with E-state index in [2.05, 4.69) is 22.3 Å². The number of carboxylic acid groups (broad SMARTS) is 1. The average Bonchev–Trinajstić information content (AvgIpc) is 2.79. The van der Waals surface area contributed by atoms with E-state index >= 15 is 0 Å². The van der Waals surface area contributed by atoms with Crippen LogP contribution in [-0.4, -0.2) is 24.2 Å². The monoisotopic (exact) mass is 454 g/mol. The molecule has 2 N–H and O–H groups in total. The number of benzene rings is 3. The van der Waals surface area contributed by atoms with E-state index in [0.717, 1.165) is 24.2 Å². The van der Waals surface area contributed by atoms with E-state index in [4.69, 9.17) is 4.42 Å². The molecular weight excluding hydrogens is 428 g/mol. The van der Waals surface area contributed by atoms with Gasteiger partial charge in [0, 0.05) is 36.3 Å². The first-order valence-corrected chi connectivity index (χ1v) is 11.4. The Morgan fingerprint density at radius 3 is 2.50 bits per heavy atom. The molecule has 1 aliphatic rings. The van der Waals surface area contributed by atoms with Crippen LogP contribution in [0.15, 0.2) is 82.0 Å². The maximum atomic E-state index is 13.0. The molecule has 0 saturated carbocycles. The van der Waals surface area contributed by atoms with Crippen LogP contribution in [0, 0.1) is 6.92 Å². The summed E-state index contributed by atoms with van der Waals surface area (Å²) in [4.78, 5) is 26.8. The number of fused-ring (bicyclic) bond motifs is 1. The summed E-state index contributed by atoms with van der Waals surface area (Å²) in [5.41, 5.74) is 4.20. The molecule has 5 rings (SSSR count). The topological polar surface area (TPSA) is 82.8 Å². The average molecular weight is 455 g/mol. The number of rotatable bonds is 6. The van der Waals surface area contributed by atoms with E-state index in [0.29, 0.717) is 28.5 Å². The maximum Gasteiger partial charge on any atom is 0.337 e. The SMILES string of the molecule is Cc1cc(C(C)Nc2ccccc2C(=O)O)c2oc(N3CC(c4ccccc4)C3)cc(=O)c2c1. The molecule has 0 aliphatic carbocycles. The highest BCUT2D eigenvalue weighted by molar-refractivity contribution is 5.94. The molecule has 1 unspecified atom stereocenters. The van der Waals surface area contributed by atoms with Gasteiger partial charge in [0.25, 0.3) is 0 Å². The highest BCUT2D eigenvalue weighted by atomic mass is 16.4. The van der Waals surface area contributed by atoms with Gasteiger partial charge in [-0.2, -0.15) is 0 Å². The standard InChI is InChI=1S/C28H26N2O4/c1-17-12-22(18(2)29-24-11-7-6-10-21(24)28(32)33)27-23(13-17)25(31)14-26(34-27)30-15-20(16-30)19-8-4-3-5-9-19/h3-14,18,20,29H,15-16H2,1-2H3,(H,32,33). The number of hydrogen-bond donors (Lipinski definition) is 2. The number of carboxylic acids is 1. The largest absolute Gasteiger partial charge is 0.478 e. The third-order valence-corrected chi connectivity index (χ3v) is 6.45. The molecule has 0 amide bonds. The van der Waals surface area contributed by atoms with Crippen molar-refractivity contribution in [3.63, 3.8) is 0 Å². The van der Waals surface area contributed by atoms with Crippen LogP contribution < -0.4 is 15.6 Å². The lowest BCUT2D eigenvalue weighted by Gasteiger charge is -2.40. The van der Waals surface area contributed by atoms with Crippen LogP contribution in [0.3, 0.4) is 0 Å². The van der Waals surface area contributed by atoms with Crippen LogP contribution >= 0.6 is 0 Å². The molecule has 1 saturated heterocycles. The summed E-state index contributed by atoms with van der Waals surface area (Å²) >= 11 is 0. The van der Waals surface area contributed by atoms with Gasteiger partial charge in [0.1, 0.15) is 5.58 Å². The van der Waals surface area contributed by atoms with Gasteiger partial charge in [0.05, 0.1) is 17.0 Å². The summed E-state index contributed by atoms with van der Waals surface area (Å²) in [5, 5.41) is 13.4. The Balaban J connectivity index is 1.48. The molecule has 6 heteroatoms. The van der Waals surface area contributed by atoms with Crippen LogP contribution in [0.5, 0.6) is 0 Å². The number of carbonyl (C=O) groups is 1. The normalized spacial score (nSPS) is 14.6. The minimum atomic E-state index is -0.996. The molecule has 3 aromatic carbocycles. The van der Waals surface area contributed by atoms with Crippen LogP contribution in [0.4, 0.5) is 11.6 Å². The number of nitrogens with one attached hydrogen (secondary N) is 1. The first-order valence-electron chi connectivity index (χ1n) is 11.4. The van der Waals surface area contributed by atoms with Gasteiger partial charge in [-0.25, -0.2) is 4.79 Å². The Hall–Kier alpha value is -4.06. The van der Waals surface area contributed by atoms with Gasteiger partial charge in [-0.1, -0.05) is 48.5 Å². The van der Waals surface area contributed by atoms with Gasteiger partial charge >= 0.3 is 5.97 Å². The molecule has 0 bridgehead atoms. The third-order valence-electron chi connectivity index (χ3n) is 6.45. The lowest BCUT2D eigenvalue weighted by molar-refractivity contribution is 0.0698. The summed E-state index contributed by atoms with van der Waals surface area (Å²) in [7, 11) is 0. The van der Waals surface area contributed by atoms with E-state index in [9.17, 15) is 14.7 Å². The van der Waals surface area contributed by atoms with Gasteiger partial charge in [-0.05, 0) is 43.2 Å². The molecule has 6 nitrogen and oxygen atoms in total. The molecule has 1 fully saturated rings. The summed E-state index contributed by atoms with van der Waals surface area (Å²) in [6, 6.07) is 22.3. The van der Waals surface area contributed by atoms with Crippen molar-refractivity contribution in [1.29, 1.82) is 0 Å². The fourth-order valence-electron chi connectivity index (χ4n) is 4.60. The lowest BCUT2D eigenvalue weighted by atomic mass is 9.91. The predicted molar refractivity (Wildman–Crippen MR) is 134 cm³/mol. The molecule has 2 heterocycles. The van der Waals surface area contributed by atoms with Crippen LogP contribution in [0.1, 0.15) is 45.9 Å². The van der Waals surface area contributed by atoms with Crippen molar-refractivity contribution < 1.29 is 14.3 Å². The maximum absolute atomic E-state index is 13.0. The summed E-state index contributed by atoms with van der Waals surface area (Å²) in [6.45, 7) is 5.46. The van der Waals surface area contributed by atoms with Crippen LogP contribution in [0.25, 0.3) is 11.0 Å². The van der Waals surface area contributed by atoms with Crippen molar-refractivity contribution >= 4 is 28.5 Å². The Morgan fingerprint density at radius 1 is 1.06 bits per heavy atom. The Kier molecular flexibility index (Phi) is 5.57. The zero-order valence-corrected chi connectivity index (χ0v) is 19.1. The van der Waals surface area contributed by atoms with Crippen molar-refractivity contribution in [3.05, 3.63) is 105 Å². The molecule has 0 spiro atoms. The van der Waals surface area contributed by atoms with Crippen molar-refractivity contribution in [3.8, 4) is 0 Å². The number of para-hydroxylation sites is 1. The second-order valence-corrected chi connectivity index (χ2v) is 8.91. The lowest BCUT2D eigenvalue weighted by Crippen LogP contribution is -2.45.